The second kappa shape index (κ2) is 6.57. The summed E-state index contributed by atoms with van der Waals surface area (Å²) in [6, 6.07) is 11.0. The molecule has 0 heterocycles. The SMILES string of the molecule is CCNCCNC(C)c1ccccc1. The van der Waals surface area contributed by atoms with Crippen LogP contribution in [0.5, 0.6) is 0 Å². The third kappa shape index (κ3) is 3.90. The van der Waals surface area contributed by atoms with E-state index in [-0.39, 0.29) is 0 Å². The number of rotatable bonds is 6. The number of hydrogen-bond acceptors (Lipinski definition) is 2. The van der Waals surface area contributed by atoms with Gasteiger partial charge in [-0.25, -0.2) is 0 Å². The topological polar surface area (TPSA) is 24.1 Å². The molecular formula is C12H20N2. The van der Waals surface area contributed by atoms with E-state index in [4.69, 9.17) is 0 Å². The molecule has 0 saturated carbocycles. The second-order valence-corrected chi connectivity index (χ2v) is 3.44. The number of hydrogen-bond donors (Lipinski definition) is 2. The quantitative estimate of drug-likeness (QED) is 0.673. The smallest absolute Gasteiger partial charge is 0.0292 e. The van der Waals surface area contributed by atoms with Gasteiger partial charge in [-0.2, -0.15) is 0 Å². The van der Waals surface area contributed by atoms with Gasteiger partial charge >= 0.3 is 0 Å². The average Bonchev–Trinajstić information content (AvgIpc) is 2.25. The second-order valence-electron chi connectivity index (χ2n) is 3.44. The van der Waals surface area contributed by atoms with Crippen molar-refractivity contribution < 1.29 is 0 Å². The van der Waals surface area contributed by atoms with Crippen LogP contribution in [0.3, 0.4) is 0 Å². The normalized spacial score (nSPS) is 12.7. The van der Waals surface area contributed by atoms with Gasteiger partial charge in [-0.05, 0) is 19.0 Å². The van der Waals surface area contributed by atoms with Crippen molar-refractivity contribution in [2.24, 2.45) is 0 Å². The van der Waals surface area contributed by atoms with Gasteiger partial charge in [-0.15, -0.1) is 0 Å². The molecule has 0 spiro atoms. The van der Waals surface area contributed by atoms with Crippen LogP contribution in [0.2, 0.25) is 0 Å². The van der Waals surface area contributed by atoms with Gasteiger partial charge in [0.25, 0.3) is 0 Å². The van der Waals surface area contributed by atoms with E-state index >= 15 is 0 Å². The minimum atomic E-state index is 0.440. The summed E-state index contributed by atoms with van der Waals surface area (Å²) in [5, 5.41) is 6.76. The third-order valence-electron chi connectivity index (χ3n) is 2.30. The van der Waals surface area contributed by atoms with Gasteiger partial charge in [0.1, 0.15) is 0 Å². The Morgan fingerprint density at radius 1 is 1.14 bits per heavy atom. The van der Waals surface area contributed by atoms with Crippen LogP contribution in [0, 0.1) is 0 Å². The van der Waals surface area contributed by atoms with Gasteiger partial charge in [-0.3, -0.25) is 0 Å². The molecule has 0 aliphatic rings. The van der Waals surface area contributed by atoms with Gasteiger partial charge in [0.2, 0.25) is 0 Å². The molecule has 0 aliphatic carbocycles. The van der Waals surface area contributed by atoms with Crippen molar-refractivity contribution in [2.45, 2.75) is 19.9 Å². The monoisotopic (exact) mass is 192 g/mol. The van der Waals surface area contributed by atoms with Gasteiger partial charge in [0.15, 0.2) is 0 Å². The van der Waals surface area contributed by atoms with E-state index in [2.05, 4.69) is 54.8 Å². The van der Waals surface area contributed by atoms with Crippen molar-refractivity contribution in [3.05, 3.63) is 35.9 Å². The Balaban J connectivity index is 2.25. The summed E-state index contributed by atoms with van der Waals surface area (Å²) in [4.78, 5) is 0. The predicted octanol–water partition coefficient (Wildman–Crippen LogP) is 1.95. The minimum absolute atomic E-state index is 0.440. The van der Waals surface area contributed by atoms with Crippen molar-refractivity contribution in [3.63, 3.8) is 0 Å². The van der Waals surface area contributed by atoms with E-state index in [1.807, 2.05) is 0 Å². The van der Waals surface area contributed by atoms with Crippen LogP contribution in [0.25, 0.3) is 0 Å². The maximum Gasteiger partial charge on any atom is 0.0292 e. The lowest BCUT2D eigenvalue weighted by Gasteiger charge is -2.13. The fraction of sp³-hybridized carbons (Fsp3) is 0.500. The van der Waals surface area contributed by atoms with E-state index < -0.39 is 0 Å². The summed E-state index contributed by atoms with van der Waals surface area (Å²) < 4.78 is 0. The van der Waals surface area contributed by atoms with Crippen LogP contribution in [0.4, 0.5) is 0 Å². The zero-order valence-corrected chi connectivity index (χ0v) is 9.09. The molecule has 0 fully saturated rings. The zero-order chi connectivity index (χ0) is 10.2. The first kappa shape index (κ1) is 11.2. The zero-order valence-electron chi connectivity index (χ0n) is 9.09. The summed E-state index contributed by atoms with van der Waals surface area (Å²) in [6.07, 6.45) is 0. The van der Waals surface area contributed by atoms with E-state index in [1.54, 1.807) is 0 Å². The molecule has 78 valence electrons. The highest BCUT2D eigenvalue weighted by Gasteiger charge is 2.01. The van der Waals surface area contributed by atoms with Crippen LogP contribution in [-0.2, 0) is 0 Å². The molecule has 2 heteroatoms. The molecule has 1 unspecified atom stereocenters. The fourth-order valence-electron chi connectivity index (χ4n) is 1.41. The molecule has 0 radical (unpaired) electrons. The first-order valence-electron chi connectivity index (χ1n) is 5.33. The lowest BCUT2D eigenvalue weighted by molar-refractivity contribution is 0.552. The molecule has 1 rings (SSSR count). The Labute approximate surface area is 86.7 Å². The highest BCUT2D eigenvalue weighted by Crippen LogP contribution is 2.09. The van der Waals surface area contributed by atoms with E-state index in [0.29, 0.717) is 6.04 Å². The average molecular weight is 192 g/mol. The maximum atomic E-state index is 3.47. The van der Waals surface area contributed by atoms with Crippen molar-refractivity contribution in [3.8, 4) is 0 Å². The Hall–Kier alpha value is -0.860. The molecule has 1 atom stereocenters. The Morgan fingerprint density at radius 2 is 1.86 bits per heavy atom. The molecule has 2 N–H and O–H groups in total. The van der Waals surface area contributed by atoms with Crippen LogP contribution < -0.4 is 10.6 Å². The molecule has 0 amide bonds. The van der Waals surface area contributed by atoms with Gasteiger partial charge < -0.3 is 10.6 Å². The first-order valence-corrected chi connectivity index (χ1v) is 5.33. The Bertz CT molecular complexity index is 233. The summed E-state index contributed by atoms with van der Waals surface area (Å²) in [7, 11) is 0. The standard InChI is InChI=1S/C12H20N2/c1-3-13-9-10-14-11(2)12-7-5-4-6-8-12/h4-8,11,13-14H,3,9-10H2,1-2H3. The Kier molecular flexibility index (Phi) is 5.27. The molecule has 1 aromatic rings. The number of benzene rings is 1. The molecule has 2 nitrogen and oxygen atoms in total. The maximum absolute atomic E-state index is 3.47. The summed E-state index contributed by atoms with van der Waals surface area (Å²) in [5.74, 6) is 0. The van der Waals surface area contributed by atoms with Crippen LogP contribution in [0.15, 0.2) is 30.3 Å². The summed E-state index contributed by atoms with van der Waals surface area (Å²) in [6.45, 7) is 7.42. The van der Waals surface area contributed by atoms with Crippen molar-refractivity contribution in [2.75, 3.05) is 19.6 Å². The fourth-order valence-corrected chi connectivity index (χ4v) is 1.41. The van der Waals surface area contributed by atoms with Gasteiger partial charge in [0.05, 0.1) is 0 Å². The molecule has 14 heavy (non-hydrogen) atoms. The molecule has 0 aromatic heterocycles. The van der Waals surface area contributed by atoms with Crippen molar-refractivity contribution >= 4 is 0 Å². The first-order chi connectivity index (χ1) is 6.84. The van der Waals surface area contributed by atoms with Crippen LogP contribution in [0.1, 0.15) is 25.5 Å². The summed E-state index contributed by atoms with van der Waals surface area (Å²) >= 11 is 0. The van der Waals surface area contributed by atoms with Crippen LogP contribution >= 0.6 is 0 Å². The van der Waals surface area contributed by atoms with Crippen molar-refractivity contribution in [1.29, 1.82) is 0 Å². The minimum Gasteiger partial charge on any atom is -0.316 e. The van der Waals surface area contributed by atoms with Crippen LogP contribution in [-0.4, -0.2) is 19.6 Å². The van der Waals surface area contributed by atoms with E-state index in [0.717, 1.165) is 19.6 Å². The molecule has 0 saturated heterocycles. The highest BCUT2D eigenvalue weighted by atomic mass is 15.0. The number of nitrogens with one attached hydrogen (secondary N) is 2. The highest BCUT2D eigenvalue weighted by molar-refractivity contribution is 5.17. The van der Waals surface area contributed by atoms with E-state index in [9.17, 15) is 0 Å². The third-order valence-corrected chi connectivity index (χ3v) is 2.30. The van der Waals surface area contributed by atoms with Gasteiger partial charge in [-0.1, -0.05) is 37.3 Å². The molecule has 0 bridgehead atoms. The van der Waals surface area contributed by atoms with Gasteiger partial charge in [0, 0.05) is 19.1 Å². The molecular weight excluding hydrogens is 172 g/mol. The lowest BCUT2D eigenvalue weighted by Crippen LogP contribution is -2.28. The van der Waals surface area contributed by atoms with Crippen molar-refractivity contribution in [1.82, 2.24) is 10.6 Å². The lowest BCUT2D eigenvalue weighted by atomic mass is 10.1. The molecule has 0 aliphatic heterocycles. The largest absolute Gasteiger partial charge is 0.316 e. The number of likely N-dealkylation sites (N-methyl/N-ethyl adjacent to an activating group) is 1. The predicted molar refractivity (Wildman–Crippen MR) is 61.4 cm³/mol. The summed E-state index contributed by atoms with van der Waals surface area (Å²) in [5.41, 5.74) is 1.35. The van der Waals surface area contributed by atoms with E-state index in [1.165, 1.54) is 5.56 Å². The Morgan fingerprint density at radius 3 is 2.50 bits per heavy atom. The molecule has 1 aromatic carbocycles.